The number of likely N-dealkylation sites (tertiary alicyclic amines) is 2. The Morgan fingerprint density at radius 1 is 0.555 bits per heavy atom. The molecular formula is C82H91ClN8O17S2. The Morgan fingerprint density at radius 3 is 1.47 bits per heavy atom. The molecule has 4 aliphatic heterocycles. The second-order valence-electron chi connectivity index (χ2n) is 28.1. The van der Waals surface area contributed by atoms with Crippen LogP contribution in [0, 0.1) is 11.8 Å². The molecule has 2 saturated carbocycles. The van der Waals surface area contributed by atoms with Crippen LogP contribution in [0.5, 0.6) is 34.5 Å². The van der Waals surface area contributed by atoms with Gasteiger partial charge in [0.2, 0.25) is 17.7 Å². The summed E-state index contributed by atoms with van der Waals surface area (Å²) >= 11 is 0. The van der Waals surface area contributed by atoms with Gasteiger partial charge in [0.15, 0.2) is 0 Å². The van der Waals surface area contributed by atoms with Crippen LogP contribution in [0.2, 0.25) is 0 Å². The minimum atomic E-state index is -4.31. The van der Waals surface area contributed by atoms with Crippen molar-refractivity contribution in [3.8, 4) is 57.0 Å². The third kappa shape index (κ3) is 19.3. The third-order valence-corrected chi connectivity index (χ3v) is 23.0. The molecule has 4 fully saturated rings. The highest BCUT2D eigenvalue weighted by Gasteiger charge is 2.62. The number of nitrogens with two attached hydrogens (primary N) is 1. The summed E-state index contributed by atoms with van der Waals surface area (Å²) in [7, 11) is -5.10. The molecular weight excluding hydrogens is 1470 g/mol. The average Bonchev–Trinajstić information content (AvgIpc) is 1.57. The zero-order valence-electron chi connectivity index (χ0n) is 61.6. The van der Waals surface area contributed by atoms with Crippen LogP contribution in [-0.2, 0) is 48.8 Å². The van der Waals surface area contributed by atoms with Crippen molar-refractivity contribution in [3.05, 3.63) is 182 Å². The predicted molar refractivity (Wildman–Crippen MR) is 416 cm³/mol. The third-order valence-electron chi connectivity index (χ3n) is 20.3. The number of carbonyl (C=O) groups is 6. The van der Waals surface area contributed by atoms with Gasteiger partial charge in [0.1, 0.15) is 69.9 Å². The molecule has 2 aliphatic carbocycles. The number of aliphatic carboxylic acids is 1. The Kier molecular flexibility index (Phi) is 25.9. The van der Waals surface area contributed by atoms with Gasteiger partial charge in [0.25, 0.3) is 31.9 Å². The van der Waals surface area contributed by atoms with E-state index >= 15 is 0 Å². The molecule has 0 radical (unpaired) electrons. The van der Waals surface area contributed by atoms with E-state index in [-0.39, 0.29) is 72.3 Å². The number of rotatable bonds is 11. The summed E-state index contributed by atoms with van der Waals surface area (Å²) in [4.78, 5) is 89.1. The summed E-state index contributed by atoms with van der Waals surface area (Å²) in [6, 6.07) is 44.5. The molecule has 0 spiro atoms. The van der Waals surface area contributed by atoms with Crippen LogP contribution >= 0.6 is 12.4 Å². The van der Waals surface area contributed by atoms with E-state index in [0.29, 0.717) is 70.9 Å². The fourth-order valence-corrected chi connectivity index (χ4v) is 16.2. The molecule has 25 nitrogen and oxygen atoms in total. The van der Waals surface area contributed by atoms with E-state index in [0.717, 1.165) is 91.8 Å². The topological polar surface area (TPSA) is 341 Å². The number of fused-ring (bicyclic) bond motifs is 8. The number of allylic oxidation sites excluding steroid dienone is 2. The first-order chi connectivity index (χ1) is 52.4. The maximum absolute atomic E-state index is 14.2. The van der Waals surface area contributed by atoms with E-state index < -0.39 is 85.0 Å². The number of amides is 5. The van der Waals surface area contributed by atoms with Gasteiger partial charge in [-0.3, -0.25) is 24.0 Å². The molecule has 28 heteroatoms. The van der Waals surface area contributed by atoms with Gasteiger partial charge in [0, 0.05) is 96.8 Å². The van der Waals surface area contributed by atoms with E-state index in [2.05, 4.69) is 14.8 Å². The van der Waals surface area contributed by atoms with Gasteiger partial charge in [-0.15, -0.1) is 12.4 Å². The first kappa shape index (κ1) is 80.4. The van der Waals surface area contributed by atoms with Crippen LogP contribution in [0.15, 0.2) is 192 Å². The number of aromatic nitrogens is 2. The second-order valence-corrected chi connectivity index (χ2v) is 31.4. The van der Waals surface area contributed by atoms with Crippen molar-refractivity contribution in [2.75, 3.05) is 40.5 Å². The van der Waals surface area contributed by atoms with Crippen LogP contribution in [0.1, 0.15) is 104 Å². The first-order valence-corrected chi connectivity index (χ1v) is 39.6. The molecule has 0 unspecified atom stereocenters. The van der Waals surface area contributed by atoms with Crippen molar-refractivity contribution in [2.24, 2.45) is 17.6 Å². The van der Waals surface area contributed by atoms with Gasteiger partial charge in [0.05, 0.1) is 72.7 Å². The van der Waals surface area contributed by atoms with Gasteiger partial charge >= 0.3 is 5.97 Å². The van der Waals surface area contributed by atoms with Crippen molar-refractivity contribution >= 4 is 89.8 Å². The van der Waals surface area contributed by atoms with Crippen LogP contribution in [0.3, 0.4) is 0 Å². The predicted octanol–water partition coefficient (Wildman–Crippen LogP) is 11.5. The fourth-order valence-electron chi connectivity index (χ4n) is 14.1. The van der Waals surface area contributed by atoms with E-state index in [1.165, 1.54) is 47.9 Å². The Balaban J connectivity index is 0.000000180. The summed E-state index contributed by atoms with van der Waals surface area (Å²) in [5.41, 5.74) is 8.04. The maximum atomic E-state index is 14.2. The SMILES string of the molecule is COc1ccc2c(O[C@@H]3C[C@@H](C(=O)N[C@]45C[C@H]4/C=C/CCCCCCOc4cccc(c4)S(=O)(=O)NC5=O)N(C(C)=O)C3)cc(-c3ccccc3)nc2c1.COc1ccc2c(O[C@@H]3C[C@@H](C(=O)O)N(C(C)=O)C3)cc(-c3ccccc3)nc2c1.Cl.N[C@]12C[C@H]1/C=C/CCCCCCOc1cccc(c1)S(=O)(=O)NC2=O. The highest BCUT2D eigenvalue weighted by Crippen LogP contribution is 2.47. The van der Waals surface area contributed by atoms with Crippen LogP contribution in [0.4, 0.5) is 0 Å². The molecule has 14 rings (SSSR count). The van der Waals surface area contributed by atoms with Gasteiger partial charge in [-0.1, -0.05) is 123 Å². The molecule has 6 aromatic carbocycles. The Labute approximate surface area is 645 Å². The molecule has 2 saturated heterocycles. The lowest BCUT2D eigenvalue weighted by Crippen LogP contribution is -2.56. The summed E-state index contributed by atoms with van der Waals surface area (Å²) in [5, 5.41) is 13.9. The zero-order valence-corrected chi connectivity index (χ0v) is 64.0. The Bertz CT molecular complexity index is 4980. The Hall–Kier alpha value is -10.6. The van der Waals surface area contributed by atoms with Gasteiger partial charge in [-0.05, 0) is 99.9 Å². The standard InChI is InChI=1S/C41H44N4O8S.C23H22N2O5.C18H24N2O4S.ClH/c1-27(46)45-26-32(53-38-24-35(28-13-8-7-9-14-28)42-36-22-30(51-2)18-19-34(36)38)23-37(45)39(47)43-41-25-29(41)15-10-5-3-4-6-11-20-52-31-16-12-17-33(21-31)54(49,50)44-40(41)48;1-14(26)25-13-17(11-21(25)23(27)28)30-22-12-19(15-6-4-3-5-7-15)24-20-10-16(29-2)8-9-18(20)22;19-18-13-14(18)8-5-3-1-2-4-6-11-24-15-9-7-10-16(12-15)25(22,23)20-17(18)21;/h7-10,12-19,21-22,24,29,32,37H,3-6,11,20,23,25-26H2,1-2H3,(H,43,47)(H,44,48);3-10,12,17,21H,11,13H2,1-2H3,(H,27,28);5,7-10,12,14H,1-4,6,11,13,19H2,(H,20,21);1H/b15-10+;;8-5+;/t29-,32-,37+,41-;17-,21+;14-,18-;/m111./s1. The lowest BCUT2D eigenvalue weighted by atomic mass is 10.1. The number of nitrogens with zero attached hydrogens (tertiary/aromatic N) is 4. The van der Waals surface area contributed by atoms with Gasteiger partial charge in [-0.2, -0.15) is 0 Å². The summed E-state index contributed by atoms with van der Waals surface area (Å²) in [6.45, 7) is 4.11. The summed E-state index contributed by atoms with van der Waals surface area (Å²) in [5.74, 6) is -0.896. The molecule has 8 aromatic rings. The first-order valence-electron chi connectivity index (χ1n) is 36.7. The minimum Gasteiger partial charge on any atom is -0.497 e. The monoisotopic (exact) mass is 1560 g/mol. The minimum absolute atomic E-state index is 0. The summed E-state index contributed by atoms with van der Waals surface area (Å²) in [6.07, 6.45) is 17.6. The number of carboxylic acid groups (broad SMARTS) is 1. The normalized spacial score (nSPS) is 24.1. The number of sulfonamides is 2. The van der Waals surface area contributed by atoms with E-state index in [4.69, 9.17) is 44.1 Å². The second kappa shape index (κ2) is 35.4. The number of nitrogens with one attached hydrogen (secondary N) is 3. The van der Waals surface area contributed by atoms with E-state index in [1.807, 2.05) is 133 Å². The molecule has 580 valence electrons. The van der Waals surface area contributed by atoms with E-state index in [9.17, 15) is 50.7 Å². The number of ether oxygens (including phenoxy) is 6. The molecule has 6 aliphatic rings. The number of carboxylic acids is 1. The van der Waals surface area contributed by atoms with Crippen molar-refractivity contribution in [3.63, 3.8) is 0 Å². The van der Waals surface area contributed by atoms with Crippen LogP contribution < -0.4 is 48.9 Å². The molecule has 2 aromatic heterocycles. The number of halogens is 1. The van der Waals surface area contributed by atoms with Crippen molar-refractivity contribution in [2.45, 2.75) is 149 Å². The van der Waals surface area contributed by atoms with Crippen LogP contribution in [0.25, 0.3) is 44.3 Å². The highest BCUT2D eigenvalue weighted by molar-refractivity contribution is 7.90. The van der Waals surface area contributed by atoms with Crippen molar-refractivity contribution in [1.82, 2.24) is 34.5 Å². The maximum Gasteiger partial charge on any atom is 0.326 e. The fraction of sp³-hybridized carbons (Fsp3) is 0.366. The Morgan fingerprint density at radius 2 is 1.01 bits per heavy atom. The smallest absolute Gasteiger partial charge is 0.326 e. The highest BCUT2D eigenvalue weighted by atomic mass is 35.5. The molecule has 6 N–H and O–H groups in total. The number of methoxy groups -OCH3 is 2. The van der Waals surface area contributed by atoms with Gasteiger partial charge in [-0.25, -0.2) is 41.0 Å². The summed E-state index contributed by atoms with van der Waals surface area (Å²) < 4.78 is 91.2. The quantitative estimate of drug-likeness (QED) is 0.0751. The van der Waals surface area contributed by atoms with Crippen molar-refractivity contribution < 1.29 is 79.1 Å². The van der Waals surface area contributed by atoms with Gasteiger partial charge < -0.3 is 54.4 Å². The molecule has 6 heterocycles. The molecule has 4 bridgehead atoms. The largest absolute Gasteiger partial charge is 0.497 e. The molecule has 8 atom stereocenters. The van der Waals surface area contributed by atoms with Crippen LogP contribution in [-0.4, -0.2) is 153 Å². The van der Waals surface area contributed by atoms with Crippen molar-refractivity contribution in [1.29, 1.82) is 0 Å². The lowest BCUT2D eigenvalue weighted by Gasteiger charge is -2.25. The number of benzene rings is 6. The van der Waals surface area contributed by atoms with E-state index in [1.54, 1.807) is 38.5 Å². The zero-order chi connectivity index (χ0) is 77.0. The average molecular weight is 1560 g/mol. The molecule has 5 amide bonds. The number of pyridine rings is 2. The lowest BCUT2D eigenvalue weighted by molar-refractivity contribution is -0.147. The number of hydrogen-bond donors (Lipinski definition) is 5. The number of carbonyl (C=O) groups excluding carboxylic acids is 5. The molecule has 110 heavy (non-hydrogen) atoms. The number of hydrogen-bond acceptors (Lipinski definition) is 19.